The van der Waals surface area contributed by atoms with Crippen molar-refractivity contribution in [3.05, 3.63) is 12.2 Å². The number of hydrogen-bond donors (Lipinski definition) is 2. The van der Waals surface area contributed by atoms with Gasteiger partial charge in [-0.05, 0) is 37.5 Å². The van der Waals surface area contributed by atoms with Crippen molar-refractivity contribution in [2.24, 2.45) is 23.2 Å². The van der Waals surface area contributed by atoms with Crippen LogP contribution in [0.25, 0.3) is 0 Å². The third kappa shape index (κ3) is 2.17. The first kappa shape index (κ1) is 12.7. The van der Waals surface area contributed by atoms with Gasteiger partial charge in [0.05, 0.1) is 5.41 Å². The van der Waals surface area contributed by atoms with Crippen LogP contribution in [0, 0.1) is 23.2 Å². The number of nitrogens with one attached hydrogen (secondary N) is 1. The van der Waals surface area contributed by atoms with E-state index in [0.29, 0.717) is 31.2 Å². The molecule has 0 radical (unpaired) electrons. The zero-order valence-electron chi connectivity index (χ0n) is 11.1. The highest BCUT2D eigenvalue weighted by Crippen LogP contribution is 2.44. The van der Waals surface area contributed by atoms with Gasteiger partial charge in [0.1, 0.15) is 0 Å². The van der Waals surface area contributed by atoms with Crippen molar-refractivity contribution in [2.45, 2.75) is 38.5 Å². The lowest BCUT2D eigenvalue weighted by Gasteiger charge is -2.26. The van der Waals surface area contributed by atoms with Crippen LogP contribution in [0.15, 0.2) is 12.2 Å². The van der Waals surface area contributed by atoms with Crippen LogP contribution in [0.1, 0.15) is 38.5 Å². The van der Waals surface area contributed by atoms with Gasteiger partial charge >= 0.3 is 5.97 Å². The minimum Gasteiger partial charge on any atom is -0.481 e. The van der Waals surface area contributed by atoms with Gasteiger partial charge in [0.25, 0.3) is 0 Å². The van der Waals surface area contributed by atoms with Crippen LogP contribution in [0.3, 0.4) is 0 Å². The fourth-order valence-electron chi connectivity index (χ4n) is 3.99. The molecule has 0 spiro atoms. The highest BCUT2D eigenvalue weighted by atomic mass is 16.4. The molecule has 1 amide bonds. The lowest BCUT2D eigenvalue weighted by atomic mass is 9.85. The number of rotatable bonds is 4. The molecule has 3 aliphatic carbocycles. The molecule has 0 saturated heterocycles. The number of carboxylic acids is 1. The Kier molecular flexibility index (Phi) is 3.11. The molecule has 0 aliphatic heterocycles. The number of allylic oxidation sites excluding steroid dienone is 2. The summed E-state index contributed by atoms with van der Waals surface area (Å²) in [4.78, 5) is 23.6. The molecule has 3 aliphatic rings. The quantitative estimate of drug-likeness (QED) is 0.762. The molecular formula is C15H21NO3. The number of hydrogen-bond acceptors (Lipinski definition) is 2. The molecule has 0 heterocycles. The van der Waals surface area contributed by atoms with Crippen LogP contribution in [0.5, 0.6) is 0 Å². The van der Waals surface area contributed by atoms with Crippen molar-refractivity contribution in [1.29, 1.82) is 0 Å². The van der Waals surface area contributed by atoms with Gasteiger partial charge in [0, 0.05) is 12.5 Å². The van der Waals surface area contributed by atoms with Crippen molar-refractivity contribution >= 4 is 11.9 Å². The van der Waals surface area contributed by atoms with Crippen molar-refractivity contribution < 1.29 is 14.7 Å². The molecule has 2 bridgehead atoms. The van der Waals surface area contributed by atoms with Gasteiger partial charge in [0.2, 0.25) is 5.91 Å². The highest BCUT2D eigenvalue weighted by Gasteiger charge is 2.44. The van der Waals surface area contributed by atoms with E-state index in [9.17, 15) is 14.7 Å². The fraction of sp³-hybridized carbons (Fsp3) is 0.733. The Balaban J connectivity index is 1.58. The van der Waals surface area contributed by atoms with Crippen molar-refractivity contribution in [3.8, 4) is 0 Å². The Hall–Kier alpha value is -1.32. The summed E-state index contributed by atoms with van der Waals surface area (Å²) < 4.78 is 0. The predicted octanol–water partition coefficient (Wildman–Crippen LogP) is 1.96. The maximum atomic E-state index is 12.2. The second-order valence-corrected chi connectivity index (χ2v) is 6.40. The molecule has 4 nitrogen and oxygen atoms in total. The Morgan fingerprint density at radius 2 is 1.95 bits per heavy atom. The number of carbonyl (C=O) groups excluding carboxylic acids is 1. The van der Waals surface area contributed by atoms with Crippen LogP contribution in [0.2, 0.25) is 0 Å². The number of carbonyl (C=O) groups is 2. The largest absolute Gasteiger partial charge is 0.481 e. The average molecular weight is 263 g/mol. The summed E-state index contributed by atoms with van der Waals surface area (Å²) in [6, 6.07) is 0. The molecule has 0 aromatic heterocycles. The topological polar surface area (TPSA) is 66.4 Å². The molecular weight excluding hydrogens is 242 g/mol. The van der Waals surface area contributed by atoms with E-state index in [2.05, 4.69) is 17.5 Å². The number of carboxylic acid groups (broad SMARTS) is 1. The van der Waals surface area contributed by atoms with Crippen molar-refractivity contribution in [3.63, 3.8) is 0 Å². The Bertz CT molecular complexity index is 423. The normalized spacial score (nSPS) is 34.6. The zero-order chi connectivity index (χ0) is 13.5. The van der Waals surface area contributed by atoms with E-state index >= 15 is 0 Å². The lowest BCUT2D eigenvalue weighted by Crippen LogP contribution is -2.43. The molecule has 2 fully saturated rings. The van der Waals surface area contributed by atoms with Crippen molar-refractivity contribution in [2.75, 3.05) is 6.54 Å². The highest BCUT2D eigenvalue weighted by molar-refractivity contribution is 5.81. The summed E-state index contributed by atoms with van der Waals surface area (Å²) in [6.07, 6.45) is 9.71. The smallest absolute Gasteiger partial charge is 0.311 e. The standard InChI is InChI=1S/C15H21NO3/c17-13(12-8-10-3-4-11(12)7-10)16-9-15(14(18)19)5-1-2-6-15/h3-4,10-12H,1-2,5-9H2,(H,16,17)(H,18,19). The van der Waals surface area contributed by atoms with Gasteiger partial charge in [-0.15, -0.1) is 0 Å². The van der Waals surface area contributed by atoms with Crippen LogP contribution < -0.4 is 5.32 Å². The number of amides is 1. The van der Waals surface area contributed by atoms with Gasteiger partial charge in [-0.25, -0.2) is 0 Å². The Morgan fingerprint density at radius 3 is 2.47 bits per heavy atom. The molecule has 0 aromatic rings. The second kappa shape index (κ2) is 4.66. The van der Waals surface area contributed by atoms with E-state index < -0.39 is 11.4 Å². The van der Waals surface area contributed by atoms with Crippen LogP contribution in [0.4, 0.5) is 0 Å². The lowest BCUT2D eigenvalue weighted by molar-refractivity contribution is -0.148. The molecule has 0 aromatic carbocycles. The van der Waals surface area contributed by atoms with Gasteiger partial charge in [-0.2, -0.15) is 0 Å². The first-order valence-corrected chi connectivity index (χ1v) is 7.30. The van der Waals surface area contributed by atoms with Crippen LogP contribution in [-0.4, -0.2) is 23.5 Å². The summed E-state index contributed by atoms with van der Waals surface area (Å²) in [5.74, 6) is 0.333. The Morgan fingerprint density at radius 1 is 1.21 bits per heavy atom. The molecule has 2 N–H and O–H groups in total. The van der Waals surface area contributed by atoms with Crippen LogP contribution in [-0.2, 0) is 9.59 Å². The summed E-state index contributed by atoms with van der Waals surface area (Å²) >= 11 is 0. The number of aliphatic carboxylic acids is 1. The zero-order valence-corrected chi connectivity index (χ0v) is 11.1. The minimum atomic E-state index is -0.752. The third-order valence-corrected chi connectivity index (χ3v) is 5.23. The minimum absolute atomic E-state index is 0.0596. The van der Waals surface area contributed by atoms with Crippen LogP contribution >= 0.6 is 0 Å². The monoisotopic (exact) mass is 263 g/mol. The van der Waals surface area contributed by atoms with E-state index in [1.807, 2.05) is 0 Å². The van der Waals surface area contributed by atoms with E-state index in [0.717, 1.165) is 25.7 Å². The molecule has 3 rings (SSSR count). The first-order valence-electron chi connectivity index (χ1n) is 7.30. The molecule has 3 unspecified atom stereocenters. The van der Waals surface area contributed by atoms with Gasteiger partial charge in [0.15, 0.2) is 0 Å². The van der Waals surface area contributed by atoms with Gasteiger partial charge in [-0.1, -0.05) is 25.0 Å². The Labute approximate surface area is 113 Å². The van der Waals surface area contributed by atoms with E-state index in [-0.39, 0.29) is 11.8 Å². The number of fused-ring (bicyclic) bond motifs is 2. The summed E-state index contributed by atoms with van der Waals surface area (Å²) in [5, 5.41) is 12.3. The van der Waals surface area contributed by atoms with E-state index in [4.69, 9.17) is 0 Å². The molecule has 19 heavy (non-hydrogen) atoms. The fourth-order valence-corrected chi connectivity index (χ4v) is 3.99. The van der Waals surface area contributed by atoms with Gasteiger partial charge < -0.3 is 10.4 Å². The van der Waals surface area contributed by atoms with E-state index in [1.54, 1.807) is 0 Å². The maximum Gasteiger partial charge on any atom is 0.311 e. The van der Waals surface area contributed by atoms with E-state index in [1.165, 1.54) is 0 Å². The summed E-state index contributed by atoms with van der Waals surface area (Å²) in [5.41, 5.74) is -0.705. The average Bonchev–Trinajstić information content (AvgIpc) is 3.11. The second-order valence-electron chi connectivity index (χ2n) is 6.40. The maximum absolute atomic E-state index is 12.2. The van der Waals surface area contributed by atoms with Crippen molar-refractivity contribution in [1.82, 2.24) is 5.32 Å². The van der Waals surface area contributed by atoms with Gasteiger partial charge in [-0.3, -0.25) is 9.59 Å². The molecule has 4 heteroatoms. The molecule has 3 atom stereocenters. The molecule has 2 saturated carbocycles. The molecule has 104 valence electrons. The summed E-state index contributed by atoms with van der Waals surface area (Å²) in [6.45, 7) is 0.304. The summed E-state index contributed by atoms with van der Waals surface area (Å²) in [7, 11) is 0. The SMILES string of the molecule is O=C(NCC1(C(=O)O)CCCC1)C1CC2C=CC1C2. The third-order valence-electron chi connectivity index (χ3n) is 5.23. The first-order chi connectivity index (χ1) is 9.11. The predicted molar refractivity (Wildman–Crippen MR) is 70.4 cm³/mol.